The van der Waals surface area contributed by atoms with E-state index < -0.39 is 35.5 Å². The van der Waals surface area contributed by atoms with Gasteiger partial charge in [0.25, 0.3) is 0 Å². The quantitative estimate of drug-likeness (QED) is 0.273. The second-order valence-corrected chi connectivity index (χ2v) is 13.4. The summed E-state index contributed by atoms with van der Waals surface area (Å²) in [7, 11) is 0. The molecule has 2 saturated heterocycles. The number of alkyl halides is 3. The minimum Gasteiger partial charge on any atom is -0.364 e. The summed E-state index contributed by atoms with van der Waals surface area (Å²) in [4.78, 5) is 39.3. The zero-order valence-corrected chi connectivity index (χ0v) is 24.2. The number of ether oxygens (including phenoxy) is 1. The topological polar surface area (TPSA) is 124 Å². The first-order chi connectivity index (χ1) is 18.5. The minimum absolute atomic E-state index is 0.0239. The van der Waals surface area contributed by atoms with Gasteiger partial charge in [-0.3, -0.25) is 19.7 Å². The van der Waals surface area contributed by atoms with Gasteiger partial charge in [0, 0.05) is 18.0 Å². The molecular weight excluding hydrogens is 527 g/mol. The van der Waals surface area contributed by atoms with Crippen LogP contribution in [-0.2, 0) is 19.1 Å². The molecule has 3 rings (SSSR count). The highest BCUT2D eigenvalue weighted by Gasteiger charge is 2.47. The third-order valence-corrected chi connectivity index (χ3v) is 8.45. The lowest BCUT2D eigenvalue weighted by atomic mass is 9.85. The molecule has 1 aliphatic carbocycles. The van der Waals surface area contributed by atoms with E-state index in [1.165, 1.54) is 0 Å². The summed E-state index contributed by atoms with van der Waals surface area (Å²) in [6.45, 7) is 9.33. The normalized spacial score (nSPS) is 26.8. The Morgan fingerprint density at radius 2 is 1.85 bits per heavy atom. The summed E-state index contributed by atoms with van der Waals surface area (Å²) in [6, 6.07) is -0.145. The lowest BCUT2D eigenvalue weighted by molar-refractivity contribution is -0.176. The van der Waals surface area contributed by atoms with E-state index in [2.05, 4.69) is 16.7 Å². The van der Waals surface area contributed by atoms with Crippen LogP contribution in [-0.4, -0.2) is 72.3 Å². The molecule has 0 radical (unpaired) electrons. The second-order valence-electron chi connectivity index (χ2n) is 13.4. The molecule has 9 nitrogen and oxygen atoms in total. The number of hydrogen-bond donors (Lipinski definition) is 3. The Labute approximate surface area is 234 Å². The van der Waals surface area contributed by atoms with Gasteiger partial charge in [-0.1, -0.05) is 46.5 Å². The van der Waals surface area contributed by atoms with E-state index in [4.69, 9.17) is 4.74 Å². The fourth-order valence-electron chi connectivity index (χ4n) is 6.38. The number of nitrogens with zero attached hydrogens (tertiary/aromatic N) is 2. The van der Waals surface area contributed by atoms with Crippen molar-refractivity contribution in [2.75, 3.05) is 19.9 Å². The molecule has 1 unspecified atom stereocenters. The Morgan fingerprint density at radius 1 is 1.20 bits per heavy atom. The second kappa shape index (κ2) is 12.6. The van der Waals surface area contributed by atoms with E-state index in [-0.39, 0.29) is 42.7 Å². The van der Waals surface area contributed by atoms with Crippen LogP contribution in [0, 0.1) is 34.5 Å². The van der Waals surface area contributed by atoms with Gasteiger partial charge < -0.3 is 20.3 Å². The molecule has 5 atom stereocenters. The number of carbonyl (C=O) groups is 3. The fraction of sp³-hybridized carbons (Fsp3) is 0.857. The Morgan fingerprint density at radius 3 is 2.38 bits per heavy atom. The Kier molecular flexibility index (Phi) is 10.2. The summed E-state index contributed by atoms with van der Waals surface area (Å²) < 4.78 is 45.0. The number of rotatable bonds is 10. The van der Waals surface area contributed by atoms with E-state index in [1.54, 1.807) is 25.7 Å². The molecule has 1 saturated carbocycles. The Balaban J connectivity index is 1.64. The van der Waals surface area contributed by atoms with Crippen molar-refractivity contribution in [1.29, 1.82) is 5.26 Å². The van der Waals surface area contributed by atoms with Gasteiger partial charge in [0.1, 0.15) is 6.04 Å². The van der Waals surface area contributed by atoms with Gasteiger partial charge in [0.15, 0.2) is 0 Å². The molecule has 12 heteroatoms. The average Bonchev–Trinajstić information content (AvgIpc) is 3.56. The van der Waals surface area contributed by atoms with Gasteiger partial charge in [0.05, 0.1) is 31.5 Å². The largest absolute Gasteiger partial charge is 0.471 e. The summed E-state index contributed by atoms with van der Waals surface area (Å²) in [5.41, 5.74) is -1.26. The van der Waals surface area contributed by atoms with Crippen LogP contribution in [0.2, 0.25) is 0 Å². The van der Waals surface area contributed by atoms with Crippen molar-refractivity contribution in [3.05, 3.63) is 0 Å². The summed E-state index contributed by atoms with van der Waals surface area (Å²) in [5, 5.41) is 17.5. The molecule has 0 spiro atoms. The number of hydrogen-bond acceptors (Lipinski definition) is 6. The SMILES string of the molecule is CC1(C)C[C@@H](C[C@@H](C#N)NCOCC2C[C@@H](C3CCCC3)CN2C(=O)[C@@H](NC(=O)C(F)(F)F)C(C)(C)C)C(=O)N1. The zero-order valence-electron chi connectivity index (χ0n) is 24.2. The number of carbonyl (C=O) groups excluding carboxylic acids is 3. The number of nitrogens with one attached hydrogen (secondary N) is 3. The van der Waals surface area contributed by atoms with Crippen molar-refractivity contribution in [1.82, 2.24) is 20.9 Å². The van der Waals surface area contributed by atoms with Gasteiger partial charge >= 0.3 is 12.1 Å². The fourth-order valence-corrected chi connectivity index (χ4v) is 6.38. The van der Waals surface area contributed by atoms with Crippen LogP contribution >= 0.6 is 0 Å². The van der Waals surface area contributed by atoms with Crippen LogP contribution in [0.5, 0.6) is 0 Å². The molecule has 226 valence electrons. The molecular formula is C28H44F3N5O4. The Bertz CT molecular complexity index is 968. The van der Waals surface area contributed by atoms with E-state index in [0.29, 0.717) is 31.7 Å². The smallest absolute Gasteiger partial charge is 0.364 e. The molecule has 2 aliphatic heterocycles. The van der Waals surface area contributed by atoms with Crippen LogP contribution in [0.1, 0.15) is 79.6 Å². The molecule has 40 heavy (non-hydrogen) atoms. The number of halogens is 3. The monoisotopic (exact) mass is 571 g/mol. The van der Waals surface area contributed by atoms with Gasteiger partial charge in [-0.05, 0) is 50.4 Å². The lowest BCUT2D eigenvalue weighted by Gasteiger charge is -2.36. The molecule has 2 heterocycles. The van der Waals surface area contributed by atoms with Gasteiger partial charge in [-0.2, -0.15) is 18.4 Å². The molecule has 3 amide bonds. The summed E-state index contributed by atoms with van der Waals surface area (Å²) >= 11 is 0. The van der Waals surface area contributed by atoms with E-state index in [1.807, 2.05) is 19.2 Å². The molecule has 0 aromatic heterocycles. The number of likely N-dealkylation sites (tertiary alicyclic amines) is 1. The highest BCUT2D eigenvalue weighted by molar-refractivity contribution is 5.90. The number of nitriles is 1. The molecule has 0 bridgehead atoms. The Hall–Kier alpha value is -2.39. The zero-order chi connectivity index (χ0) is 29.9. The lowest BCUT2D eigenvalue weighted by Crippen LogP contribution is -2.58. The van der Waals surface area contributed by atoms with Crippen molar-refractivity contribution in [2.45, 2.75) is 109 Å². The third kappa shape index (κ3) is 8.32. The van der Waals surface area contributed by atoms with Crippen LogP contribution in [0.4, 0.5) is 13.2 Å². The first kappa shape index (κ1) is 32.1. The minimum atomic E-state index is -5.10. The van der Waals surface area contributed by atoms with Gasteiger partial charge in [-0.15, -0.1) is 0 Å². The average molecular weight is 572 g/mol. The van der Waals surface area contributed by atoms with Crippen LogP contribution in [0.15, 0.2) is 0 Å². The van der Waals surface area contributed by atoms with Gasteiger partial charge in [0.2, 0.25) is 11.8 Å². The maximum atomic E-state index is 13.7. The predicted molar refractivity (Wildman–Crippen MR) is 141 cm³/mol. The van der Waals surface area contributed by atoms with Gasteiger partial charge in [-0.25, -0.2) is 0 Å². The van der Waals surface area contributed by atoms with E-state index in [9.17, 15) is 32.8 Å². The maximum Gasteiger partial charge on any atom is 0.471 e. The maximum absolute atomic E-state index is 13.7. The summed E-state index contributed by atoms with van der Waals surface area (Å²) in [6.07, 6.45) is 0.917. The number of amides is 3. The summed E-state index contributed by atoms with van der Waals surface area (Å²) in [5.74, 6) is -2.37. The first-order valence-corrected chi connectivity index (χ1v) is 14.2. The predicted octanol–water partition coefficient (Wildman–Crippen LogP) is 3.25. The molecule has 3 aliphatic rings. The molecule has 3 N–H and O–H groups in total. The van der Waals surface area contributed by atoms with Crippen molar-refractivity contribution in [3.63, 3.8) is 0 Å². The third-order valence-electron chi connectivity index (χ3n) is 8.45. The molecule has 0 aromatic rings. The standard InChI is InChI=1S/C28H44F3N5O4/c1-26(2,3)22(34-25(39)28(29,30)31)24(38)36-14-19(17-8-6-7-9-17)11-21(36)15-40-16-33-20(13-32)10-18-12-27(4,5)35-23(18)37/h17-22,33H,6-12,14-16H2,1-5H3,(H,34,39)(H,35,37)/t18-,19-,20+,21?,22-/m1/s1. The van der Waals surface area contributed by atoms with Crippen LogP contribution in [0.25, 0.3) is 0 Å². The van der Waals surface area contributed by atoms with Crippen LogP contribution < -0.4 is 16.0 Å². The molecule has 3 fully saturated rings. The van der Waals surface area contributed by atoms with Crippen molar-refractivity contribution >= 4 is 17.7 Å². The first-order valence-electron chi connectivity index (χ1n) is 14.2. The van der Waals surface area contributed by atoms with E-state index >= 15 is 0 Å². The van der Waals surface area contributed by atoms with Crippen LogP contribution in [0.3, 0.4) is 0 Å². The van der Waals surface area contributed by atoms with Crippen molar-refractivity contribution in [2.24, 2.45) is 23.2 Å². The van der Waals surface area contributed by atoms with Crippen molar-refractivity contribution in [3.8, 4) is 6.07 Å². The van der Waals surface area contributed by atoms with E-state index in [0.717, 1.165) is 25.7 Å². The molecule has 0 aromatic carbocycles. The highest BCUT2D eigenvalue weighted by atomic mass is 19.4. The highest BCUT2D eigenvalue weighted by Crippen LogP contribution is 2.39. The van der Waals surface area contributed by atoms with Crippen molar-refractivity contribution < 1.29 is 32.3 Å².